The highest BCUT2D eigenvalue weighted by molar-refractivity contribution is 8.00. The Labute approximate surface area is 191 Å². The molecule has 164 valence electrons. The molecule has 1 fully saturated rings. The van der Waals surface area contributed by atoms with Crippen molar-refractivity contribution in [2.75, 3.05) is 13.7 Å². The summed E-state index contributed by atoms with van der Waals surface area (Å²) in [6.45, 7) is 2.69. The third kappa shape index (κ3) is 5.13. The average Bonchev–Trinajstić information content (AvgIpc) is 3.48. The van der Waals surface area contributed by atoms with Gasteiger partial charge in [0.1, 0.15) is 5.75 Å². The Kier molecular flexibility index (Phi) is 7.29. The maximum atomic E-state index is 12.8. The molecular formula is C23H28N4O2S2. The van der Waals surface area contributed by atoms with Crippen LogP contribution in [0, 0.1) is 5.92 Å². The van der Waals surface area contributed by atoms with E-state index >= 15 is 0 Å². The first-order chi connectivity index (χ1) is 15.2. The Morgan fingerprint density at radius 2 is 2.03 bits per heavy atom. The zero-order valence-electron chi connectivity index (χ0n) is 17.9. The zero-order valence-corrected chi connectivity index (χ0v) is 19.5. The second kappa shape index (κ2) is 10.3. The van der Waals surface area contributed by atoms with Crippen LogP contribution in [0.15, 0.2) is 46.9 Å². The Morgan fingerprint density at radius 1 is 1.23 bits per heavy atom. The fourth-order valence-electron chi connectivity index (χ4n) is 3.93. The minimum atomic E-state index is -0.280. The van der Waals surface area contributed by atoms with Gasteiger partial charge in [-0.3, -0.25) is 9.36 Å². The molecule has 31 heavy (non-hydrogen) atoms. The molecule has 0 bridgehead atoms. The molecule has 1 aromatic carbocycles. The van der Waals surface area contributed by atoms with Gasteiger partial charge in [-0.2, -0.15) is 0 Å². The summed E-state index contributed by atoms with van der Waals surface area (Å²) >= 11 is 3.03. The Balaban J connectivity index is 1.56. The van der Waals surface area contributed by atoms with E-state index in [0.717, 1.165) is 28.7 Å². The van der Waals surface area contributed by atoms with Gasteiger partial charge in [0, 0.05) is 6.54 Å². The van der Waals surface area contributed by atoms with Crippen molar-refractivity contribution in [3.05, 3.63) is 41.8 Å². The minimum absolute atomic E-state index is 0.0443. The number of para-hydroxylation sites is 2. The summed E-state index contributed by atoms with van der Waals surface area (Å²) in [4.78, 5) is 13.8. The summed E-state index contributed by atoms with van der Waals surface area (Å²) in [5.41, 5.74) is 0.857. The molecule has 1 aliphatic carbocycles. The van der Waals surface area contributed by atoms with Gasteiger partial charge in [-0.15, -0.1) is 21.5 Å². The molecule has 1 aliphatic rings. The molecule has 1 unspecified atom stereocenters. The number of thioether (sulfide) groups is 1. The van der Waals surface area contributed by atoms with Crippen molar-refractivity contribution in [2.24, 2.45) is 5.92 Å². The molecule has 2 aromatic heterocycles. The summed E-state index contributed by atoms with van der Waals surface area (Å²) in [7, 11) is 1.65. The van der Waals surface area contributed by atoms with E-state index in [2.05, 4.69) is 15.5 Å². The molecule has 1 N–H and O–H groups in total. The van der Waals surface area contributed by atoms with Crippen molar-refractivity contribution in [3.63, 3.8) is 0 Å². The first kappa shape index (κ1) is 21.9. The maximum Gasteiger partial charge on any atom is 0.233 e. The number of hydrogen-bond acceptors (Lipinski definition) is 6. The minimum Gasteiger partial charge on any atom is -0.495 e. The van der Waals surface area contributed by atoms with Crippen LogP contribution in [0.4, 0.5) is 0 Å². The van der Waals surface area contributed by atoms with Crippen LogP contribution in [0.25, 0.3) is 16.4 Å². The van der Waals surface area contributed by atoms with Gasteiger partial charge in [-0.25, -0.2) is 0 Å². The van der Waals surface area contributed by atoms with Gasteiger partial charge >= 0.3 is 0 Å². The van der Waals surface area contributed by atoms with Gasteiger partial charge in [0.25, 0.3) is 0 Å². The summed E-state index contributed by atoms with van der Waals surface area (Å²) in [5.74, 6) is 2.13. The third-order valence-electron chi connectivity index (χ3n) is 5.64. The SMILES string of the molecule is COc1ccccc1-n1c(SC(C)C(=O)NCC2CCCCC2)nnc1-c1cccs1. The molecule has 0 radical (unpaired) electrons. The van der Waals surface area contributed by atoms with Crippen molar-refractivity contribution in [1.29, 1.82) is 0 Å². The molecule has 3 aromatic rings. The average molecular weight is 457 g/mol. The number of amides is 1. The lowest BCUT2D eigenvalue weighted by atomic mass is 9.89. The number of nitrogens with zero attached hydrogens (tertiary/aromatic N) is 3. The maximum absolute atomic E-state index is 12.8. The van der Waals surface area contributed by atoms with E-state index in [4.69, 9.17) is 4.74 Å². The van der Waals surface area contributed by atoms with Gasteiger partial charge < -0.3 is 10.1 Å². The van der Waals surface area contributed by atoms with E-state index in [1.165, 1.54) is 43.9 Å². The van der Waals surface area contributed by atoms with Gasteiger partial charge in [0.05, 0.1) is 22.9 Å². The zero-order chi connectivity index (χ0) is 21.6. The second-order valence-electron chi connectivity index (χ2n) is 7.80. The summed E-state index contributed by atoms with van der Waals surface area (Å²) in [6.07, 6.45) is 6.31. The number of rotatable bonds is 8. The van der Waals surface area contributed by atoms with Gasteiger partial charge in [0.15, 0.2) is 11.0 Å². The number of thiophene rings is 1. The fourth-order valence-corrected chi connectivity index (χ4v) is 5.52. The smallest absolute Gasteiger partial charge is 0.233 e. The van der Waals surface area contributed by atoms with Crippen LogP contribution >= 0.6 is 23.1 Å². The predicted molar refractivity (Wildman–Crippen MR) is 126 cm³/mol. The molecular weight excluding hydrogens is 428 g/mol. The van der Waals surface area contributed by atoms with Gasteiger partial charge in [0.2, 0.25) is 5.91 Å². The number of nitrogens with one attached hydrogen (secondary N) is 1. The van der Waals surface area contributed by atoms with E-state index in [9.17, 15) is 4.79 Å². The highest BCUT2D eigenvalue weighted by atomic mass is 32.2. The van der Waals surface area contributed by atoms with Crippen LogP contribution in [0.3, 0.4) is 0 Å². The van der Waals surface area contributed by atoms with E-state index in [1.54, 1.807) is 18.4 Å². The molecule has 0 spiro atoms. The molecule has 6 nitrogen and oxygen atoms in total. The van der Waals surface area contributed by atoms with E-state index < -0.39 is 0 Å². The third-order valence-corrected chi connectivity index (χ3v) is 7.55. The van der Waals surface area contributed by atoms with Crippen molar-refractivity contribution in [3.8, 4) is 22.1 Å². The number of carbonyl (C=O) groups excluding carboxylic acids is 1. The van der Waals surface area contributed by atoms with Crippen molar-refractivity contribution in [2.45, 2.75) is 49.4 Å². The van der Waals surface area contributed by atoms with Crippen LogP contribution in [-0.2, 0) is 4.79 Å². The largest absolute Gasteiger partial charge is 0.495 e. The number of hydrogen-bond donors (Lipinski definition) is 1. The predicted octanol–water partition coefficient (Wildman–Crippen LogP) is 5.18. The molecule has 2 heterocycles. The normalized spacial score (nSPS) is 15.5. The van der Waals surface area contributed by atoms with E-state index in [1.807, 2.05) is 53.3 Å². The molecule has 4 rings (SSSR count). The molecule has 0 saturated heterocycles. The Morgan fingerprint density at radius 3 is 2.77 bits per heavy atom. The standard InChI is InChI=1S/C23H28N4O2S2/c1-16(22(28)24-15-17-9-4-3-5-10-17)31-23-26-25-21(20-13-8-14-30-20)27(23)18-11-6-7-12-19(18)29-2/h6-8,11-14,16-17H,3-5,9-10,15H2,1-2H3,(H,24,28). The molecule has 8 heteroatoms. The van der Waals surface area contributed by atoms with Crippen LogP contribution in [-0.4, -0.2) is 39.6 Å². The highest BCUT2D eigenvalue weighted by Gasteiger charge is 2.24. The van der Waals surface area contributed by atoms with Gasteiger partial charge in [-0.1, -0.05) is 49.2 Å². The van der Waals surface area contributed by atoms with Gasteiger partial charge in [-0.05, 0) is 49.3 Å². The molecule has 1 atom stereocenters. The number of carbonyl (C=O) groups is 1. The summed E-state index contributed by atoms with van der Waals surface area (Å²) in [6, 6.07) is 11.8. The molecule has 1 amide bonds. The number of ether oxygens (including phenoxy) is 1. The highest BCUT2D eigenvalue weighted by Crippen LogP contribution is 2.35. The van der Waals surface area contributed by atoms with E-state index in [-0.39, 0.29) is 11.2 Å². The molecule has 0 aliphatic heterocycles. The van der Waals surface area contributed by atoms with Crippen molar-refractivity contribution < 1.29 is 9.53 Å². The monoisotopic (exact) mass is 456 g/mol. The molecule has 1 saturated carbocycles. The first-order valence-electron chi connectivity index (χ1n) is 10.7. The topological polar surface area (TPSA) is 69.0 Å². The lowest BCUT2D eigenvalue weighted by Crippen LogP contribution is -2.35. The second-order valence-corrected chi connectivity index (χ2v) is 10.1. The fraction of sp³-hybridized carbons (Fsp3) is 0.435. The van der Waals surface area contributed by atoms with Crippen molar-refractivity contribution in [1.82, 2.24) is 20.1 Å². The van der Waals surface area contributed by atoms with Crippen LogP contribution in [0.5, 0.6) is 5.75 Å². The van der Waals surface area contributed by atoms with E-state index in [0.29, 0.717) is 11.1 Å². The summed E-state index contributed by atoms with van der Waals surface area (Å²) < 4.78 is 7.58. The van der Waals surface area contributed by atoms with Crippen LogP contribution < -0.4 is 10.1 Å². The number of benzene rings is 1. The van der Waals surface area contributed by atoms with Crippen LogP contribution in [0.1, 0.15) is 39.0 Å². The summed E-state index contributed by atoms with van der Waals surface area (Å²) in [5, 5.41) is 14.5. The Hall–Kier alpha value is -2.32. The first-order valence-corrected chi connectivity index (χ1v) is 12.5. The quantitative estimate of drug-likeness (QED) is 0.473. The number of methoxy groups -OCH3 is 1. The number of aromatic nitrogens is 3. The van der Waals surface area contributed by atoms with Crippen LogP contribution in [0.2, 0.25) is 0 Å². The lowest BCUT2D eigenvalue weighted by Gasteiger charge is -2.22. The Bertz CT molecular complexity index is 997. The van der Waals surface area contributed by atoms with Crippen molar-refractivity contribution >= 4 is 29.0 Å². The lowest BCUT2D eigenvalue weighted by molar-refractivity contribution is -0.120.